The number of hydrogen-bond acceptors (Lipinski definition) is 5. The van der Waals surface area contributed by atoms with Gasteiger partial charge in [-0.3, -0.25) is 0 Å². The van der Waals surface area contributed by atoms with Crippen LogP contribution in [0.15, 0.2) is 17.0 Å². The maximum Gasteiger partial charge on any atom is 0.240 e. The first-order chi connectivity index (χ1) is 9.63. The Morgan fingerprint density at radius 3 is 2.67 bits per heavy atom. The molecule has 0 aliphatic carbocycles. The molecule has 0 spiro atoms. The van der Waals surface area contributed by atoms with Gasteiger partial charge in [-0.25, -0.2) is 25.9 Å². The quantitative estimate of drug-likeness (QED) is 0.782. The third kappa shape index (κ3) is 3.35. The van der Waals surface area contributed by atoms with Gasteiger partial charge in [0.2, 0.25) is 10.0 Å². The van der Waals surface area contributed by atoms with Crippen molar-refractivity contribution in [2.24, 2.45) is 0 Å². The van der Waals surface area contributed by atoms with Gasteiger partial charge in [-0.15, -0.1) is 0 Å². The van der Waals surface area contributed by atoms with Crippen LogP contribution in [0.3, 0.4) is 0 Å². The van der Waals surface area contributed by atoms with Crippen molar-refractivity contribution >= 4 is 25.5 Å². The summed E-state index contributed by atoms with van der Waals surface area (Å²) in [6, 6.07) is 2.08. The number of sulfonamides is 1. The van der Waals surface area contributed by atoms with E-state index >= 15 is 0 Å². The highest BCUT2D eigenvalue weighted by Crippen LogP contribution is 2.23. The molecule has 1 aliphatic rings. The average Bonchev–Trinajstić information content (AvgIpc) is 2.70. The fraction of sp³-hybridized carbons (Fsp3) is 0.500. The Morgan fingerprint density at radius 1 is 1.43 bits per heavy atom. The van der Waals surface area contributed by atoms with Gasteiger partial charge in [-0.1, -0.05) is 0 Å². The summed E-state index contributed by atoms with van der Waals surface area (Å²) in [6.07, 6.45) is 0.979. The molecule has 0 radical (unpaired) electrons. The summed E-state index contributed by atoms with van der Waals surface area (Å²) in [6.45, 7) is 1.27. The maximum absolute atomic E-state index is 13.3. The number of nitrogens with one attached hydrogen (secondary N) is 1. The number of sulfone groups is 1. The predicted molar refractivity (Wildman–Crippen MR) is 77.5 cm³/mol. The van der Waals surface area contributed by atoms with Crippen molar-refractivity contribution in [1.82, 2.24) is 4.72 Å². The molecular formula is C12H17FN2O4S2. The van der Waals surface area contributed by atoms with Gasteiger partial charge in [-0.05, 0) is 37.5 Å². The fourth-order valence-corrected chi connectivity index (χ4v) is 5.54. The molecule has 1 saturated heterocycles. The van der Waals surface area contributed by atoms with E-state index in [0.29, 0.717) is 12.8 Å². The summed E-state index contributed by atoms with van der Waals surface area (Å²) in [5, 5.41) is -0.703. The summed E-state index contributed by atoms with van der Waals surface area (Å²) < 4.78 is 63.3. The van der Waals surface area contributed by atoms with E-state index in [-0.39, 0.29) is 28.4 Å². The predicted octanol–water partition coefficient (Wildman–Crippen LogP) is 0.572. The van der Waals surface area contributed by atoms with E-state index in [4.69, 9.17) is 5.73 Å². The first-order valence-corrected chi connectivity index (χ1v) is 9.60. The molecule has 21 heavy (non-hydrogen) atoms. The topological polar surface area (TPSA) is 106 Å². The number of halogens is 1. The first-order valence-electron chi connectivity index (χ1n) is 6.40. The number of rotatable bonds is 4. The Bertz CT molecular complexity index is 760. The smallest absolute Gasteiger partial charge is 0.240 e. The third-order valence-corrected chi connectivity index (χ3v) is 7.39. The first kappa shape index (κ1) is 16.2. The van der Waals surface area contributed by atoms with Crippen LogP contribution in [0, 0.1) is 12.7 Å². The lowest BCUT2D eigenvalue weighted by Crippen LogP contribution is -2.35. The van der Waals surface area contributed by atoms with Crippen LogP contribution < -0.4 is 10.5 Å². The Balaban J connectivity index is 2.22. The van der Waals surface area contributed by atoms with Crippen LogP contribution in [-0.2, 0) is 19.9 Å². The molecule has 1 heterocycles. The van der Waals surface area contributed by atoms with Gasteiger partial charge in [0, 0.05) is 6.54 Å². The molecule has 1 aliphatic heterocycles. The van der Waals surface area contributed by atoms with Crippen LogP contribution in [-0.4, -0.2) is 34.4 Å². The molecule has 1 aromatic carbocycles. The van der Waals surface area contributed by atoms with Crippen LogP contribution in [0.2, 0.25) is 0 Å². The van der Waals surface area contributed by atoms with E-state index in [0.717, 1.165) is 12.1 Å². The maximum atomic E-state index is 13.3. The van der Waals surface area contributed by atoms with Crippen molar-refractivity contribution in [2.45, 2.75) is 29.9 Å². The lowest BCUT2D eigenvalue weighted by molar-refractivity contribution is 0.570. The molecule has 0 bridgehead atoms. The van der Waals surface area contributed by atoms with Gasteiger partial charge in [0.1, 0.15) is 5.82 Å². The van der Waals surface area contributed by atoms with Gasteiger partial charge in [-0.2, -0.15) is 0 Å². The Morgan fingerprint density at radius 2 is 2.10 bits per heavy atom. The minimum atomic E-state index is -3.93. The van der Waals surface area contributed by atoms with Gasteiger partial charge >= 0.3 is 0 Å². The highest BCUT2D eigenvalue weighted by Gasteiger charge is 2.32. The van der Waals surface area contributed by atoms with Crippen molar-refractivity contribution in [2.75, 3.05) is 18.0 Å². The largest absolute Gasteiger partial charge is 0.396 e. The summed E-state index contributed by atoms with van der Waals surface area (Å²) in [5.74, 6) is -0.605. The summed E-state index contributed by atoms with van der Waals surface area (Å²) in [4.78, 5) is -0.142. The lowest BCUT2D eigenvalue weighted by Gasteiger charge is -2.13. The molecule has 0 amide bonds. The number of nitrogens with two attached hydrogens (primary N) is 1. The standard InChI is InChI=1S/C12H17FN2O4S2/c1-8-5-10(13)11(14)6-12(8)21(18,19)15-7-9-3-2-4-20(9,16)17/h5-6,9,15H,2-4,7,14H2,1H3. The zero-order valence-corrected chi connectivity index (χ0v) is 13.1. The Hall–Kier alpha value is -1.19. The van der Waals surface area contributed by atoms with Gasteiger partial charge < -0.3 is 5.73 Å². The van der Waals surface area contributed by atoms with Crippen molar-refractivity contribution in [3.05, 3.63) is 23.5 Å². The number of nitrogen functional groups attached to an aromatic ring is 1. The second-order valence-electron chi connectivity index (χ2n) is 5.12. The zero-order chi connectivity index (χ0) is 15.8. The summed E-state index contributed by atoms with van der Waals surface area (Å²) in [7, 11) is -7.16. The van der Waals surface area contributed by atoms with Crippen molar-refractivity contribution in [3.63, 3.8) is 0 Å². The van der Waals surface area contributed by atoms with Crippen molar-refractivity contribution in [3.8, 4) is 0 Å². The average molecular weight is 336 g/mol. The second-order valence-corrected chi connectivity index (χ2v) is 9.26. The zero-order valence-electron chi connectivity index (χ0n) is 11.5. The molecule has 1 unspecified atom stereocenters. The molecular weight excluding hydrogens is 319 g/mol. The minimum absolute atomic E-state index is 0.0852. The van der Waals surface area contributed by atoms with Crippen LogP contribution in [0.4, 0.5) is 10.1 Å². The normalized spacial score (nSPS) is 21.5. The Labute approximate surface area is 123 Å². The molecule has 1 atom stereocenters. The summed E-state index contributed by atoms with van der Waals surface area (Å²) in [5.41, 5.74) is 5.33. The molecule has 6 nitrogen and oxygen atoms in total. The van der Waals surface area contributed by atoms with Crippen LogP contribution >= 0.6 is 0 Å². The number of hydrogen-bond donors (Lipinski definition) is 2. The highest BCUT2D eigenvalue weighted by atomic mass is 32.2. The van der Waals surface area contributed by atoms with E-state index in [1.165, 1.54) is 6.92 Å². The number of benzene rings is 1. The van der Waals surface area contributed by atoms with Crippen LogP contribution in [0.5, 0.6) is 0 Å². The lowest BCUT2D eigenvalue weighted by atomic mass is 10.2. The molecule has 1 fully saturated rings. The van der Waals surface area contributed by atoms with E-state index in [9.17, 15) is 21.2 Å². The monoisotopic (exact) mass is 336 g/mol. The van der Waals surface area contributed by atoms with Gasteiger partial charge in [0.25, 0.3) is 0 Å². The van der Waals surface area contributed by atoms with E-state index < -0.39 is 30.9 Å². The highest BCUT2D eigenvalue weighted by molar-refractivity contribution is 7.92. The van der Waals surface area contributed by atoms with Crippen molar-refractivity contribution < 1.29 is 21.2 Å². The molecule has 0 saturated carbocycles. The van der Waals surface area contributed by atoms with Crippen molar-refractivity contribution in [1.29, 1.82) is 0 Å². The van der Waals surface area contributed by atoms with Crippen LogP contribution in [0.25, 0.3) is 0 Å². The molecule has 1 aromatic rings. The number of anilines is 1. The van der Waals surface area contributed by atoms with E-state index in [2.05, 4.69) is 4.72 Å². The van der Waals surface area contributed by atoms with Crippen LogP contribution in [0.1, 0.15) is 18.4 Å². The molecule has 9 heteroatoms. The fourth-order valence-electron chi connectivity index (χ4n) is 2.33. The van der Waals surface area contributed by atoms with Gasteiger partial charge in [0.15, 0.2) is 9.84 Å². The van der Waals surface area contributed by atoms with E-state index in [1.807, 2.05) is 0 Å². The summed E-state index contributed by atoms with van der Waals surface area (Å²) >= 11 is 0. The third-order valence-electron chi connectivity index (χ3n) is 3.55. The van der Waals surface area contributed by atoms with Gasteiger partial charge in [0.05, 0.1) is 21.6 Å². The van der Waals surface area contributed by atoms with E-state index in [1.54, 1.807) is 0 Å². The Kier molecular flexibility index (Phi) is 4.27. The molecule has 0 aromatic heterocycles. The minimum Gasteiger partial charge on any atom is -0.396 e. The molecule has 3 N–H and O–H groups in total. The SMILES string of the molecule is Cc1cc(F)c(N)cc1S(=O)(=O)NCC1CCCS1(=O)=O. The molecule has 118 valence electrons. The second kappa shape index (κ2) is 5.54. The molecule has 2 rings (SSSR count). The number of aryl methyl sites for hydroxylation is 1.